The topological polar surface area (TPSA) is 23.8 Å². The summed E-state index contributed by atoms with van der Waals surface area (Å²) in [6.45, 7) is 3.45. The van der Waals surface area contributed by atoms with Crippen molar-refractivity contribution in [3.05, 3.63) is 6.92 Å². The Labute approximate surface area is 74.3 Å². The molecule has 0 aromatic heterocycles. The molecule has 0 amide bonds. The molecule has 0 aromatic carbocycles. The zero-order chi connectivity index (χ0) is 4.12. The van der Waals surface area contributed by atoms with Gasteiger partial charge in [0.1, 0.15) is 0 Å². The molecule has 0 atom stereocenters. The monoisotopic (exact) mass is 260 g/mol. The maximum atomic E-state index is 7.78. The van der Waals surface area contributed by atoms with Gasteiger partial charge in [-0.15, -0.1) is 24.0 Å². The molecule has 0 saturated carbocycles. The van der Waals surface area contributed by atoms with Crippen LogP contribution >= 0.6 is 24.0 Å². The zero-order valence-electron chi connectivity index (χ0n) is 4.18. The van der Waals surface area contributed by atoms with Gasteiger partial charge in [0.15, 0.2) is 0 Å². The van der Waals surface area contributed by atoms with E-state index in [1.807, 2.05) is 6.07 Å². The van der Waals surface area contributed by atoms with Gasteiger partial charge in [-0.05, 0) is 0 Å². The number of hydrogen-bond acceptors (Lipinski definition) is 1. The van der Waals surface area contributed by atoms with Gasteiger partial charge in [-0.1, -0.05) is 0 Å². The summed E-state index contributed by atoms with van der Waals surface area (Å²) in [5.74, 6) is 0. The van der Waals surface area contributed by atoms with E-state index < -0.39 is 0 Å². The van der Waals surface area contributed by atoms with Crippen molar-refractivity contribution in [3.8, 4) is 6.07 Å². The van der Waals surface area contributed by atoms with Crippen LogP contribution in [-0.2, 0) is 19.5 Å². The van der Waals surface area contributed by atoms with E-state index in [0.29, 0.717) is 6.42 Å². The van der Waals surface area contributed by atoms with Gasteiger partial charge in [-0.25, -0.2) is 0 Å². The van der Waals surface area contributed by atoms with E-state index in [2.05, 4.69) is 6.92 Å². The molecule has 1 nitrogen and oxygen atoms in total. The smallest absolute Gasteiger partial charge is 0.0594 e. The third-order valence-electron chi connectivity index (χ3n) is 0.289. The molecular formula is C4H7INZn-. The number of hydrogen-bond donors (Lipinski definition) is 0. The Bertz CT molecular complexity index is 50.1. The second-order valence-electron chi connectivity index (χ2n) is 0.762. The van der Waals surface area contributed by atoms with Crippen LogP contribution < -0.4 is 0 Å². The van der Waals surface area contributed by atoms with Crippen LogP contribution in [0.5, 0.6) is 0 Å². The summed E-state index contributed by atoms with van der Waals surface area (Å²) in [4.78, 5) is 0. The fraction of sp³-hybridized carbons (Fsp3) is 0.500. The van der Waals surface area contributed by atoms with Crippen LogP contribution in [0.15, 0.2) is 0 Å². The molecule has 0 fully saturated rings. The van der Waals surface area contributed by atoms with Crippen molar-refractivity contribution < 1.29 is 19.5 Å². The second kappa shape index (κ2) is 15.8. The van der Waals surface area contributed by atoms with Crippen LogP contribution in [0.3, 0.4) is 0 Å². The van der Waals surface area contributed by atoms with Crippen molar-refractivity contribution in [2.45, 2.75) is 12.8 Å². The van der Waals surface area contributed by atoms with Crippen molar-refractivity contribution in [1.82, 2.24) is 0 Å². The summed E-state index contributed by atoms with van der Waals surface area (Å²) in [6.07, 6.45) is 1.32. The van der Waals surface area contributed by atoms with E-state index in [9.17, 15) is 0 Å². The predicted octanol–water partition coefficient (Wildman–Crippen LogP) is 1.74. The minimum absolute atomic E-state index is 0. The van der Waals surface area contributed by atoms with E-state index >= 15 is 0 Å². The van der Waals surface area contributed by atoms with E-state index in [1.54, 1.807) is 0 Å². The van der Waals surface area contributed by atoms with Gasteiger partial charge >= 0.3 is 0 Å². The normalized spacial score (nSPS) is 4.57. The van der Waals surface area contributed by atoms with Crippen molar-refractivity contribution in [3.63, 3.8) is 0 Å². The van der Waals surface area contributed by atoms with Crippen molar-refractivity contribution in [2.75, 3.05) is 0 Å². The predicted molar refractivity (Wildman–Crippen MR) is 35.6 cm³/mol. The van der Waals surface area contributed by atoms with E-state index in [-0.39, 0.29) is 43.5 Å². The van der Waals surface area contributed by atoms with Crippen LogP contribution in [0.1, 0.15) is 12.8 Å². The fourth-order valence-electron chi connectivity index (χ4n) is 0.0791. The average molecular weight is 261 g/mol. The number of unbranched alkanes of at least 4 members (excludes halogenated alkanes) is 1. The Balaban J connectivity index is -0.0000000800. The molecule has 0 unspecified atom stereocenters. The van der Waals surface area contributed by atoms with Crippen LogP contribution in [0.2, 0.25) is 0 Å². The number of nitriles is 1. The summed E-state index contributed by atoms with van der Waals surface area (Å²) in [5.41, 5.74) is 0. The first-order valence-corrected chi connectivity index (χ1v) is 1.58. The van der Waals surface area contributed by atoms with Crippen LogP contribution in [-0.4, -0.2) is 0 Å². The third-order valence-corrected chi connectivity index (χ3v) is 0.289. The standard InChI is InChI=1S/C4H6N.HI.Zn/c1-2-3-4-5;;/h1-3H2;1H;/q-1;;. The molecule has 7 heavy (non-hydrogen) atoms. The van der Waals surface area contributed by atoms with Crippen molar-refractivity contribution >= 4 is 24.0 Å². The molecule has 0 heterocycles. The first-order chi connectivity index (χ1) is 2.41. The zero-order valence-corrected chi connectivity index (χ0v) is 9.48. The van der Waals surface area contributed by atoms with Gasteiger partial charge in [0.25, 0.3) is 0 Å². The molecule has 0 bridgehead atoms. The Hall–Kier alpha value is 0.843. The fourth-order valence-corrected chi connectivity index (χ4v) is 0.0791. The SMILES string of the molecule is I.[CH2-]CCC#N.[Zn]. The van der Waals surface area contributed by atoms with Crippen LogP contribution in [0.25, 0.3) is 0 Å². The van der Waals surface area contributed by atoms with Crippen molar-refractivity contribution in [2.24, 2.45) is 0 Å². The molecule has 0 saturated heterocycles. The molecule has 0 aromatic rings. The summed E-state index contributed by atoms with van der Waals surface area (Å²) in [7, 11) is 0. The Morgan fingerprint density at radius 1 is 1.57 bits per heavy atom. The summed E-state index contributed by atoms with van der Waals surface area (Å²) < 4.78 is 0. The number of rotatable bonds is 1. The average Bonchev–Trinajstić information content (AvgIpc) is 1.41. The summed E-state index contributed by atoms with van der Waals surface area (Å²) in [5, 5.41) is 7.78. The summed E-state index contributed by atoms with van der Waals surface area (Å²) in [6, 6.07) is 1.95. The minimum atomic E-state index is 0. The maximum absolute atomic E-state index is 7.78. The quantitative estimate of drug-likeness (QED) is 0.401. The minimum Gasteiger partial charge on any atom is -0.342 e. The first-order valence-electron chi connectivity index (χ1n) is 1.58. The second-order valence-corrected chi connectivity index (χ2v) is 0.762. The Morgan fingerprint density at radius 2 is 2.00 bits per heavy atom. The number of halogens is 1. The van der Waals surface area contributed by atoms with Gasteiger partial charge in [0, 0.05) is 25.9 Å². The molecule has 0 aliphatic carbocycles. The van der Waals surface area contributed by atoms with Crippen LogP contribution in [0, 0.1) is 18.3 Å². The molecule has 0 aliphatic rings. The van der Waals surface area contributed by atoms with Gasteiger partial charge in [0.2, 0.25) is 0 Å². The molecule has 0 aliphatic heterocycles. The van der Waals surface area contributed by atoms with E-state index in [0.717, 1.165) is 6.42 Å². The van der Waals surface area contributed by atoms with Crippen LogP contribution in [0.4, 0.5) is 0 Å². The largest absolute Gasteiger partial charge is 0.342 e. The molecule has 3 heteroatoms. The van der Waals surface area contributed by atoms with Gasteiger partial charge in [-0.3, -0.25) is 0 Å². The van der Waals surface area contributed by atoms with E-state index in [1.165, 1.54) is 0 Å². The molecular weight excluding hydrogens is 254 g/mol. The molecule has 0 radical (unpaired) electrons. The van der Waals surface area contributed by atoms with Gasteiger partial charge in [-0.2, -0.15) is 11.7 Å². The van der Waals surface area contributed by atoms with Gasteiger partial charge in [0.05, 0.1) is 6.07 Å². The molecule has 38 valence electrons. The third kappa shape index (κ3) is 19.9. The van der Waals surface area contributed by atoms with E-state index in [4.69, 9.17) is 5.26 Å². The number of nitrogens with zero attached hydrogens (tertiary/aromatic N) is 1. The Kier molecular flexibility index (Phi) is 35.4. The first kappa shape index (κ1) is 15.7. The summed E-state index contributed by atoms with van der Waals surface area (Å²) >= 11 is 0. The maximum Gasteiger partial charge on any atom is 0.0594 e. The molecule has 0 spiro atoms. The molecule has 0 N–H and O–H groups in total. The molecule has 0 rings (SSSR count). The van der Waals surface area contributed by atoms with Crippen molar-refractivity contribution in [1.29, 1.82) is 5.26 Å². The van der Waals surface area contributed by atoms with Gasteiger partial charge < -0.3 is 6.92 Å². The Morgan fingerprint density at radius 3 is 2.00 bits per heavy atom.